The minimum absolute atomic E-state index is 0.186. The molecule has 0 radical (unpaired) electrons. The maximum Gasteiger partial charge on any atom is 0.0195 e. The highest BCUT2D eigenvalue weighted by molar-refractivity contribution is 4.92. The highest BCUT2D eigenvalue weighted by Gasteiger charge is 2.34. The Kier molecular flexibility index (Phi) is 3.85. The fourth-order valence-electron chi connectivity index (χ4n) is 3.38. The van der Waals surface area contributed by atoms with Crippen LogP contribution >= 0.6 is 0 Å². The van der Waals surface area contributed by atoms with E-state index >= 15 is 0 Å². The van der Waals surface area contributed by atoms with Crippen LogP contribution < -0.4 is 22.9 Å². The minimum atomic E-state index is 0.186. The average Bonchev–Trinajstić information content (AvgIpc) is 2.26. The highest BCUT2D eigenvalue weighted by Crippen LogP contribution is 2.37. The van der Waals surface area contributed by atoms with Crippen molar-refractivity contribution < 1.29 is 0 Å². The second-order valence-electron chi connectivity index (χ2n) is 5.80. The Hall–Kier alpha value is -0.160. The van der Waals surface area contributed by atoms with Crippen LogP contribution in [0.25, 0.3) is 0 Å². The van der Waals surface area contributed by atoms with Gasteiger partial charge in [0.2, 0.25) is 0 Å². The molecule has 2 fully saturated rings. The summed E-state index contributed by atoms with van der Waals surface area (Å²) < 4.78 is 0. The number of nitrogens with two attached hydrogens (primary N) is 4. The summed E-state index contributed by atoms with van der Waals surface area (Å²) in [5.41, 5.74) is 24.0. The third-order valence-electron chi connectivity index (χ3n) is 4.66. The van der Waals surface area contributed by atoms with Crippen LogP contribution in [0.3, 0.4) is 0 Å². The second-order valence-corrected chi connectivity index (χ2v) is 5.80. The van der Waals surface area contributed by atoms with Gasteiger partial charge in [0.25, 0.3) is 0 Å². The van der Waals surface area contributed by atoms with Crippen molar-refractivity contribution in [1.82, 2.24) is 0 Å². The first-order valence-corrected chi connectivity index (χ1v) is 6.60. The fraction of sp³-hybridized carbons (Fsp3) is 1.00. The second kappa shape index (κ2) is 5.00. The molecule has 94 valence electrons. The fourth-order valence-corrected chi connectivity index (χ4v) is 3.38. The van der Waals surface area contributed by atoms with Crippen LogP contribution in [0.5, 0.6) is 0 Å². The molecule has 6 atom stereocenters. The molecule has 0 amide bonds. The molecule has 0 aromatic rings. The molecule has 16 heavy (non-hydrogen) atoms. The van der Waals surface area contributed by atoms with Crippen molar-refractivity contribution in [1.29, 1.82) is 0 Å². The Balaban J connectivity index is 1.88. The van der Waals surface area contributed by atoms with Crippen molar-refractivity contribution in [2.75, 3.05) is 0 Å². The molecular formula is C12H26N4. The quantitative estimate of drug-likeness (QED) is 0.501. The Labute approximate surface area is 98.1 Å². The zero-order valence-electron chi connectivity index (χ0n) is 10.0. The van der Waals surface area contributed by atoms with Gasteiger partial charge in [-0.2, -0.15) is 0 Å². The molecule has 2 aliphatic carbocycles. The maximum atomic E-state index is 6.06. The first-order valence-electron chi connectivity index (χ1n) is 6.60. The predicted octanol–water partition coefficient (Wildman–Crippen LogP) is -0.104. The Morgan fingerprint density at radius 1 is 0.500 bits per heavy atom. The molecule has 8 N–H and O–H groups in total. The normalized spacial score (nSPS) is 50.2. The van der Waals surface area contributed by atoms with Crippen molar-refractivity contribution in [2.45, 2.75) is 62.7 Å². The van der Waals surface area contributed by atoms with Crippen LogP contribution in [0.15, 0.2) is 0 Å². The highest BCUT2D eigenvalue weighted by atomic mass is 14.8. The average molecular weight is 226 g/mol. The monoisotopic (exact) mass is 226 g/mol. The minimum Gasteiger partial charge on any atom is -0.326 e. The zero-order chi connectivity index (χ0) is 11.7. The molecule has 0 aromatic heterocycles. The molecule has 0 bridgehead atoms. The van der Waals surface area contributed by atoms with Gasteiger partial charge in [0.1, 0.15) is 0 Å². The van der Waals surface area contributed by atoms with E-state index in [4.69, 9.17) is 22.9 Å². The largest absolute Gasteiger partial charge is 0.326 e. The van der Waals surface area contributed by atoms with Gasteiger partial charge < -0.3 is 22.9 Å². The smallest absolute Gasteiger partial charge is 0.0195 e. The van der Waals surface area contributed by atoms with Gasteiger partial charge in [-0.05, 0) is 50.4 Å². The van der Waals surface area contributed by atoms with Crippen LogP contribution in [0.1, 0.15) is 38.5 Å². The third kappa shape index (κ3) is 2.56. The van der Waals surface area contributed by atoms with Gasteiger partial charge in [-0.15, -0.1) is 0 Å². The van der Waals surface area contributed by atoms with E-state index in [1.54, 1.807) is 0 Å². The van der Waals surface area contributed by atoms with E-state index < -0.39 is 0 Å². The van der Waals surface area contributed by atoms with Gasteiger partial charge in [0.05, 0.1) is 0 Å². The summed E-state index contributed by atoms with van der Waals surface area (Å²) in [7, 11) is 0. The molecule has 0 heterocycles. The van der Waals surface area contributed by atoms with E-state index in [2.05, 4.69) is 0 Å². The first kappa shape index (κ1) is 12.3. The van der Waals surface area contributed by atoms with Crippen LogP contribution in [-0.4, -0.2) is 24.2 Å². The summed E-state index contributed by atoms with van der Waals surface area (Å²) in [5, 5.41) is 0. The van der Waals surface area contributed by atoms with Crippen molar-refractivity contribution in [3.05, 3.63) is 0 Å². The number of rotatable bonds is 1. The summed E-state index contributed by atoms with van der Waals surface area (Å²) in [4.78, 5) is 0. The Morgan fingerprint density at radius 2 is 0.875 bits per heavy atom. The third-order valence-corrected chi connectivity index (χ3v) is 4.66. The van der Waals surface area contributed by atoms with Crippen molar-refractivity contribution in [3.8, 4) is 0 Å². The molecule has 4 nitrogen and oxygen atoms in total. The van der Waals surface area contributed by atoms with Crippen LogP contribution in [-0.2, 0) is 0 Å². The lowest BCUT2D eigenvalue weighted by molar-refractivity contribution is 0.154. The molecule has 0 aromatic carbocycles. The van der Waals surface area contributed by atoms with Crippen LogP contribution in [0, 0.1) is 11.8 Å². The molecule has 2 saturated carbocycles. The molecule has 0 spiro atoms. The lowest BCUT2D eigenvalue weighted by Crippen LogP contribution is -2.50. The summed E-state index contributed by atoms with van der Waals surface area (Å²) >= 11 is 0. The van der Waals surface area contributed by atoms with E-state index in [-0.39, 0.29) is 24.2 Å². The number of hydrogen-bond acceptors (Lipinski definition) is 4. The van der Waals surface area contributed by atoms with Gasteiger partial charge in [0, 0.05) is 24.2 Å². The number of hydrogen-bond donors (Lipinski definition) is 4. The predicted molar refractivity (Wildman–Crippen MR) is 66.6 cm³/mol. The van der Waals surface area contributed by atoms with Crippen molar-refractivity contribution in [3.63, 3.8) is 0 Å². The lowest BCUT2D eigenvalue weighted by Gasteiger charge is -2.41. The van der Waals surface area contributed by atoms with E-state index in [1.807, 2.05) is 0 Å². The van der Waals surface area contributed by atoms with E-state index in [0.29, 0.717) is 0 Å². The topological polar surface area (TPSA) is 104 Å². The van der Waals surface area contributed by atoms with Gasteiger partial charge in [-0.3, -0.25) is 0 Å². The molecule has 2 aliphatic rings. The molecule has 0 aliphatic heterocycles. The Morgan fingerprint density at radius 3 is 1.19 bits per heavy atom. The molecular weight excluding hydrogens is 200 g/mol. The Bertz CT molecular complexity index is 209. The van der Waals surface area contributed by atoms with Crippen LogP contribution in [0.4, 0.5) is 0 Å². The molecule has 4 heteroatoms. The van der Waals surface area contributed by atoms with Crippen molar-refractivity contribution >= 4 is 0 Å². The zero-order valence-corrected chi connectivity index (χ0v) is 10.0. The van der Waals surface area contributed by atoms with Crippen molar-refractivity contribution in [2.24, 2.45) is 34.8 Å². The first-order chi connectivity index (χ1) is 7.58. The molecule has 0 saturated heterocycles. The maximum absolute atomic E-state index is 6.06. The van der Waals surface area contributed by atoms with E-state index in [0.717, 1.165) is 37.5 Å². The van der Waals surface area contributed by atoms with E-state index in [9.17, 15) is 0 Å². The van der Waals surface area contributed by atoms with Gasteiger partial charge in [-0.25, -0.2) is 0 Å². The van der Waals surface area contributed by atoms with E-state index in [1.165, 1.54) is 12.8 Å². The summed E-state index contributed by atoms with van der Waals surface area (Å²) in [5.74, 6) is 1.46. The SMILES string of the molecule is NC1CCC(C2CCC(N)C(N)C2)CC1N. The standard InChI is InChI=1S/C12H26N4/c13-9-3-1-7(5-11(9)15)8-2-4-10(14)12(16)6-8/h7-12H,1-6,13-16H2. The van der Waals surface area contributed by atoms with Gasteiger partial charge in [-0.1, -0.05) is 0 Å². The molecule has 6 unspecified atom stereocenters. The lowest BCUT2D eigenvalue weighted by atomic mass is 9.69. The summed E-state index contributed by atoms with van der Waals surface area (Å²) in [6, 6.07) is 0.780. The van der Waals surface area contributed by atoms with Gasteiger partial charge >= 0.3 is 0 Å². The van der Waals surface area contributed by atoms with Crippen LogP contribution in [0.2, 0.25) is 0 Å². The molecule has 2 rings (SSSR count). The summed E-state index contributed by atoms with van der Waals surface area (Å²) in [6.45, 7) is 0. The van der Waals surface area contributed by atoms with Gasteiger partial charge in [0.15, 0.2) is 0 Å². The summed E-state index contributed by atoms with van der Waals surface area (Å²) in [6.07, 6.45) is 6.75.